The monoisotopic (exact) mass is 362 g/mol. The smallest absolute Gasteiger partial charge is 0.265 e. The predicted molar refractivity (Wildman–Crippen MR) is 76.2 cm³/mol. The summed E-state index contributed by atoms with van der Waals surface area (Å²) in [6.45, 7) is 1.62. The maximum Gasteiger partial charge on any atom is 0.265 e. The van der Waals surface area contributed by atoms with Crippen LogP contribution in [0.3, 0.4) is 0 Å². The third-order valence-electron chi connectivity index (χ3n) is 2.59. The topological polar surface area (TPSA) is 85.3 Å². The third kappa shape index (κ3) is 3.02. The minimum atomic E-state index is -3.87. The molecule has 108 valence electrons. The van der Waals surface area contributed by atoms with Gasteiger partial charge in [0.05, 0.1) is 12.2 Å². The fraction of sp³-hybridized carbons (Fsp3) is 0.167. The van der Waals surface area contributed by atoms with Gasteiger partial charge in [0.2, 0.25) is 0 Å². The third-order valence-corrected chi connectivity index (χ3v) is 4.75. The van der Waals surface area contributed by atoms with Gasteiger partial charge in [-0.3, -0.25) is 4.72 Å². The van der Waals surface area contributed by atoms with Crippen LogP contribution in [0.5, 0.6) is 0 Å². The van der Waals surface area contributed by atoms with E-state index in [9.17, 15) is 12.8 Å². The normalized spacial score (nSPS) is 11.6. The van der Waals surface area contributed by atoms with Crippen molar-refractivity contribution in [2.45, 2.75) is 18.4 Å². The Morgan fingerprint density at radius 1 is 1.40 bits per heavy atom. The first-order valence-corrected chi connectivity index (χ1v) is 7.88. The number of halogens is 2. The molecule has 1 aromatic carbocycles. The van der Waals surface area contributed by atoms with Crippen molar-refractivity contribution < 1.29 is 17.2 Å². The molecule has 0 aliphatic heterocycles. The van der Waals surface area contributed by atoms with E-state index in [4.69, 9.17) is 10.2 Å². The average molecular weight is 363 g/mol. The molecule has 20 heavy (non-hydrogen) atoms. The van der Waals surface area contributed by atoms with E-state index >= 15 is 0 Å². The van der Waals surface area contributed by atoms with Crippen LogP contribution >= 0.6 is 15.9 Å². The molecule has 0 fully saturated rings. The van der Waals surface area contributed by atoms with Crippen molar-refractivity contribution >= 4 is 31.6 Å². The summed E-state index contributed by atoms with van der Waals surface area (Å²) < 4.78 is 45.6. The second-order valence-corrected chi connectivity index (χ2v) is 6.57. The number of nitrogens with one attached hydrogen (secondary N) is 1. The van der Waals surface area contributed by atoms with Gasteiger partial charge in [-0.1, -0.05) is 0 Å². The highest BCUT2D eigenvalue weighted by molar-refractivity contribution is 9.10. The lowest BCUT2D eigenvalue weighted by molar-refractivity contribution is 0.479. The molecule has 0 saturated carbocycles. The van der Waals surface area contributed by atoms with Gasteiger partial charge < -0.3 is 10.2 Å². The Morgan fingerprint density at radius 3 is 2.70 bits per heavy atom. The first-order valence-electron chi connectivity index (χ1n) is 5.60. The van der Waals surface area contributed by atoms with E-state index < -0.39 is 15.8 Å². The minimum absolute atomic E-state index is 0.0193. The molecule has 8 heteroatoms. The number of rotatable bonds is 4. The maximum absolute atomic E-state index is 13.2. The van der Waals surface area contributed by atoms with Gasteiger partial charge in [-0.2, -0.15) is 0 Å². The summed E-state index contributed by atoms with van der Waals surface area (Å²) in [5, 5.41) is 0. The van der Waals surface area contributed by atoms with Crippen molar-refractivity contribution in [2.75, 3.05) is 4.72 Å². The highest BCUT2D eigenvalue weighted by atomic mass is 79.9. The van der Waals surface area contributed by atoms with Crippen LogP contribution < -0.4 is 10.5 Å². The molecule has 0 aliphatic rings. The Bertz CT molecular complexity index is 743. The summed E-state index contributed by atoms with van der Waals surface area (Å²) >= 11 is 3.16. The standard InChI is InChI=1S/C12H12BrFN2O3S/c1-7-12(5-9(6-15)19-7)20(17,18)16-11-4-8(14)2-3-10(11)13/h2-5,16H,6,15H2,1H3. The molecule has 0 unspecified atom stereocenters. The van der Waals surface area contributed by atoms with Crippen molar-refractivity contribution in [2.24, 2.45) is 5.73 Å². The first kappa shape index (κ1) is 15.0. The summed E-state index contributed by atoms with van der Waals surface area (Å²) in [4.78, 5) is -0.0193. The number of aryl methyl sites for hydroxylation is 1. The summed E-state index contributed by atoms with van der Waals surface area (Å²) in [7, 11) is -3.87. The highest BCUT2D eigenvalue weighted by Gasteiger charge is 2.22. The van der Waals surface area contributed by atoms with E-state index in [1.807, 2.05) is 0 Å². The van der Waals surface area contributed by atoms with Crippen LogP contribution in [-0.2, 0) is 16.6 Å². The Morgan fingerprint density at radius 2 is 2.10 bits per heavy atom. The van der Waals surface area contributed by atoms with Gasteiger partial charge in [-0.25, -0.2) is 12.8 Å². The molecule has 1 heterocycles. The molecular weight excluding hydrogens is 351 g/mol. The molecule has 0 radical (unpaired) electrons. The van der Waals surface area contributed by atoms with Crippen LogP contribution in [0.15, 0.2) is 38.1 Å². The Kier molecular flexibility index (Phi) is 4.17. The van der Waals surface area contributed by atoms with E-state index in [0.29, 0.717) is 10.2 Å². The molecule has 0 bridgehead atoms. The van der Waals surface area contributed by atoms with Crippen LogP contribution in [0.1, 0.15) is 11.5 Å². The molecule has 0 aliphatic carbocycles. The van der Waals surface area contributed by atoms with E-state index in [-0.39, 0.29) is 22.9 Å². The largest absolute Gasteiger partial charge is 0.464 e. The van der Waals surface area contributed by atoms with E-state index in [1.54, 1.807) is 0 Å². The number of hydrogen-bond acceptors (Lipinski definition) is 4. The Hall–Kier alpha value is -1.38. The molecular formula is C12H12BrFN2O3S. The number of hydrogen-bond donors (Lipinski definition) is 2. The highest BCUT2D eigenvalue weighted by Crippen LogP contribution is 2.27. The molecule has 0 saturated heterocycles. The fourth-order valence-electron chi connectivity index (χ4n) is 1.67. The van der Waals surface area contributed by atoms with Crippen molar-refractivity contribution in [1.82, 2.24) is 0 Å². The lowest BCUT2D eigenvalue weighted by Crippen LogP contribution is -2.13. The van der Waals surface area contributed by atoms with Crippen LogP contribution in [0, 0.1) is 12.7 Å². The Balaban J connectivity index is 2.40. The summed E-state index contributed by atoms with van der Waals surface area (Å²) in [5.41, 5.74) is 5.52. The molecule has 1 aromatic heterocycles. The quantitative estimate of drug-likeness (QED) is 0.875. The van der Waals surface area contributed by atoms with Gasteiger partial charge >= 0.3 is 0 Å². The zero-order chi connectivity index (χ0) is 14.9. The van der Waals surface area contributed by atoms with Crippen molar-refractivity contribution in [3.63, 3.8) is 0 Å². The average Bonchev–Trinajstić information content (AvgIpc) is 2.76. The Labute approximate surface area is 124 Å². The number of benzene rings is 1. The second-order valence-electron chi connectivity index (χ2n) is 4.07. The molecule has 2 aromatic rings. The van der Waals surface area contributed by atoms with Gasteiger partial charge in [0, 0.05) is 10.5 Å². The van der Waals surface area contributed by atoms with E-state index in [2.05, 4.69) is 20.7 Å². The summed E-state index contributed by atoms with van der Waals surface area (Å²) in [6, 6.07) is 5.07. The van der Waals surface area contributed by atoms with Crippen LogP contribution in [-0.4, -0.2) is 8.42 Å². The number of sulfonamides is 1. The molecule has 2 rings (SSSR count). The lowest BCUT2D eigenvalue weighted by atomic mass is 10.3. The lowest BCUT2D eigenvalue weighted by Gasteiger charge is -2.08. The minimum Gasteiger partial charge on any atom is -0.464 e. The van der Waals surface area contributed by atoms with Crippen LogP contribution in [0.25, 0.3) is 0 Å². The fourth-order valence-corrected chi connectivity index (χ4v) is 3.42. The molecule has 0 amide bonds. The zero-order valence-electron chi connectivity index (χ0n) is 10.5. The summed E-state index contributed by atoms with van der Waals surface area (Å²) in [6.07, 6.45) is 0. The van der Waals surface area contributed by atoms with Crippen LogP contribution in [0.2, 0.25) is 0 Å². The molecule has 5 nitrogen and oxygen atoms in total. The first-order chi connectivity index (χ1) is 9.33. The number of nitrogens with two attached hydrogens (primary N) is 1. The van der Waals surface area contributed by atoms with Gasteiger partial charge in [0.25, 0.3) is 10.0 Å². The number of anilines is 1. The van der Waals surface area contributed by atoms with Crippen molar-refractivity contribution in [1.29, 1.82) is 0 Å². The molecule has 0 spiro atoms. The van der Waals surface area contributed by atoms with Gasteiger partial charge in [0.15, 0.2) is 0 Å². The van der Waals surface area contributed by atoms with Gasteiger partial charge in [0.1, 0.15) is 22.2 Å². The van der Waals surface area contributed by atoms with Crippen LogP contribution in [0.4, 0.5) is 10.1 Å². The maximum atomic E-state index is 13.2. The van der Waals surface area contributed by atoms with E-state index in [1.165, 1.54) is 25.1 Å². The summed E-state index contributed by atoms with van der Waals surface area (Å²) in [5.74, 6) is 0.0455. The molecule has 0 atom stereocenters. The second kappa shape index (κ2) is 5.55. The van der Waals surface area contributed by atoms with Gasteiger partial charge in [-0.15, -0.1) is 0 Å². The SMILES string of the molecule is Cc1oc(CN)cc1S(=O)(=O)Nc1cc(F)ccc1Br. The molecule has 3 N–H and O–H groups in total. The van der Waals surface area contributed by atoms with Crippen molar-refractivity contribution in [3.05, 3.63) is 46.1 Å². The number of furan rings is 1. The van der Waals surface area contributed by atoms with E-state index in [0.717, 1.165) is 6.07 Å². The zero-order valence-corrected chi connectivity index (χ0v) is 12.9. The predicted octanol–water partition coefficient (Wildman–Crippen LogP) is 2.75. The van der Waals surface area contributed by atoms with Gasteiger partial charge in [-0.05, 0) is 41.1 Å². The van der Waals surface area contributed by atoms with Crippen molar-refractivity contribution in [3.8, 4) is 0 Å².